The van der Waals surface area contributed by atoms with E-state index in [1.165, 1.54) is 0 Å². The Labute approximate surface area is 77.6 Å². The van der Waals surface area contributed by atoms with Gasteiger partial charge in [0, 0.05) is 5.39 Å². The molecule has 2 nitrogen and oxygen atoms in total. The van der Waals surface area contributed by atoms with Gasteiger partial charge in [-0.2, -0.15) is 0 Å². The summed E-state index contributed by atoms with van der Waals surface area (Å²) in [5.41, 5.74) is 0. The van der Waals surface area contributed by atoms with E-state index in [-0.39, 0.29) is 10.8 Å². The normalized spacial score (nSPS) is 10.8. The van der Waals surface area contributed by atoms with Gasteiger partial charge >= 0.3 is 0 Å². The second-order valence-electron chi connectivity index (χ2n) is 2.38. The third-order valence-corrected chi connectivity index (χ3v) is 3.14. The highest BCUT2D eigenvalue weighted by molar-refractivity contribution is 7.21. The van der Waals surface area contributed by atoms with Crippen molar-refractivity contribution in [3.63, 3.8) is 0 Å². The van der Waals surface area contributed by atoms with E-state index in [1.54, 1.807) is 18.2 Å². The summed E-state index contributed by atoms with van der Waals surface area (Å²) in [6, 6.07) is 5.01. The number of fused-ring (bicyclic) bond motifs is 1. The van der Waals surface area contributed by atoms with Crippen LogP contribution in [0, 0.1) is 0 Å². The first-order valence-corrected chi connectivity index (χ1v) is 4.48. The van der Waals surface area contributed by atoms with Gasteiger partial charge < -0.3 is 10.2 Å². The number of phenolic OH excluding ortho intramolecular Hbond substituents is 1. The van der Waals surface area contributed by atoms with Crippen LogP contribution in [0.25, 0.3) is 10.1 Å². The lowest BCUT2D eigenvalue weighted by Gasteiger charge is -1.91. The second kappa shape index (κ2) is 2.54. The predicted octanol–water partition coefficient (Wildman–Crippen LogP) is 2.97. The Bertz CT molecular complexity index is 436. The zero-order chi connectivity index (χ0) is 8.72. The van der Waals surface area contributed by atoms with Crippen molar-refractivity contribution >= 4 is 33.0 Å². The summed E-state index contributed by atoms with van der Waals surface area (Å²) < 4.78 is 0.625. The molecule has 2 N–H and O–H groups in total. The van der Waals surface area contributed by atoms with Crippen LogP contribution in [0.1, 0.15) is 0 Å². The van der Waals surface area contributed by atoms with Crippen molar-refractivity contribution in [2.24, 2.45) is 0 Å². The van der Waals surface area contributed by atoms with Gasteiger partial charge in [0.2, 0.25) is 0 Å². The summed E-state index contributed by atoms with van der Waals surface area (Å²) in [4.78, 5) is 0. The van der Waals surface area contributed by atoms with Gasteiger partial charge in [0.1, 0.15) is 10.8 Å². The molecule has 2 rings (SSSR count). The van der Waals surface area contributed by atoms with Crippen LogP contribution < -0.4 is 0 Å². The summed E-state index contributed by atoms with van der Waals surface area (Å²) in [6.07, 6.45) is 0. The number of hydrogen-bond acceptors (Lipinski definition) is 3. The Balaban J connectivity index is 2.95. The average molecular weight is 201 g/mol. The molecule has 0 saturated carbocycles. The molecule has 0 saturated heterocycles. The Morgan fingerprint density at radius 3 is 2.67 bits per heavy atom. The first kappa shape index (κ1) is 7.71. The van der Waals surface area contributed by atoms with Crippen molar-refractivity contribution in [2.75, 3.05) is 0 Å². The molecule has 62 valence electrons. The van der Waals surface area contributed by atoms with E-state index in [0.717, 1.165) is 11.3 Å². The molecule has 0 aliphatic carbocycles. The molecule has 1 aromatic carbocycles. The summed E-state index contributed by atoms with van der Waals surface area (Å²) in [6.45, 7) is 0. The van der Waals surface area contributed by atoms with Crippen LogP contribution in [0.3, 0.4) is 0 Å². The molecule has 0 amide bonds. The lowest BCUT2D eigenvalue weighted by Crippen LogP contribution is -1.64. The molecule has 1 aromatic heterocycles. The van der Waals surface area contributed by atoms with Crippen LogP contribution >= 0.6 is 22.9 Å². The highest BCUT2D eigenvalue weighted by Crippen LogP contribution is 2.43. The van der Waals surface area contributed by atoms with Gasteiger partial charge in [-0.25, -0.2) is 0 Å². The second-order valence-corrected chi connectivity index (χ2v) is 3.75. The SMILES string of the molecule is Oc1sc2c(O)cccc2c1Cl. The molecule has 1 heterocycles. The lowest BCUT2D eigenvalue weighted by atomic mass is 10.2. The van der Waals surface area contributed by atoms with Gasteiger partial charge in [-0.05, 0) is 6.07 Å². The summed E-state index contributed by atoms with van der Waals surface area (Å²) in [5.74, 6) is 0.153. The molecular weight excluding hydrogens is 196 g/mol. The number of thiophene rings is 1. The Kier molecular flexibility index (Phi) is 1.63. The molecule has 2 aromatic rings. The van der Waals surface area contributed by atoms with Gasteiger partial charge in [-0.15, -0.1) is 0 Å². The summed E-state index contributed by atoms with van der Waals surface area (Å²) >= 11 is 6.84. The maximum absolute atomic E-state index is 9.35. The molecule has 0 spiro atoms. The van der Waals surface area contributed by atoms with Gasteiger partial charge in [-0.3, -0.25) is 0 Å². The fourth-order valence-electron chi connectivity index (χ4n) is 1.06. The van der Waals surface area contributed by atoms with Gasteiger partial charge in [0.15, 0.2) is 5.06 Å². The minimum absolute atomic E-state index is 0.0492. The molecule has 12 heavy (non-hydrogen) atoms. The number of halogens is 1. The first-order valence-electron chi connectivity index (χ1n) is 3.29. The van der Waals surface area contributed by atoms with E-state index >= 15 is 0 Å². The van der Waals surface area contributed by atoms with Crippen molar-refractivity contribution in [2.45, 2.75) is 0 Å². The van der Waals surface area contributed by atoms with Crippen LogP contribution in [-0.2, 0) is 0 Å². The number of aromatic hydroxyl groups is 2. The standard InChI is InChI=1S/C8H5ClO2S/c9-6-4-2-1-3-5(10)7(4)12-8(6)11/h1-3,10-11H. The molecule has 0 fully saturated rings. The third kappa shape index (κ3) is 0.940. The summed E-state index contributed by atoms with van der Waals surface area (Å²) in [5, 5.41) is 19.6. The van der Waals surface area contributed by atoms with Gasteiger partial charge in [0.05, 0.1) is 4.70 Å². The van der Waals surface area contributed by atoms with Crippen LogP contribution in [0.4, 0.5) is 0 Å². The van der Waals surface area contributed by atoms with E-state index in [9.17, 15) is 10.2 Å². The molecule has 0 atom stereocenters. The highest BCUT2D eigenvalue weighted by atomic mass is 35.5. The summed E-state index contributed by atoms with van der Waals surface area (Å²) in [7, 11) is 0. The predicted molar refractivity (Wildman–Crippen MR) is 50.2 cm³/mol. The number of benzene rings is 1. The molecule has 0 bridgehead atoms. The molecule has 0 unspecified atom stereocenters. The van der Waals surface area contributed by atoms with E-state index in [4.69, 9.17) is 11.6 Å². The fraction of sp³-hybridized carbons (Fsp3) is 0. The van der Waals surface area contributed by atoms with Crippen LogP contribution in [0.15, 0.2) is 18.2 Å². The van der Waals surface area contributed by atoms with Crippen molar-refractivity contribution in [1.82, 2.24) is 0 Å². The van der Waals surface area contributed by atoms with E-state index < -0.39 is 0 Å². The Hall–Kier alpha value is -0.930. The topological polar surface area (TPSA) is 40.5 Å². The maximum Gasteiger partial charge on any atom is 0.191 e. The number of phenols is 1. The maximum atomic E-state index is 9.35. The minimum atomic E-state index is 0.0492. The molecule has 0 aliphatic heterocycles. The molecule has 4 heteroatoms. The molecular formula is C8H5ClO2S. The monoisotopic (exact) mass is 200 g/mol. The number of rotatable bonds is 0. The van der Waals surface area contributed by atoms with Gasteiger partial charge in [0.25, 0.3) is 0 Å². The minimum Gasteiger partial charge on any atom is -0.506 e. The zero-order valence-corrected chi connectivity index (χ0v) is 7.49. The zero-order valence-electron chi connectivity index (χ0n) is 5.91. The highest BCUT2D eigenvalue weighted by Gasteiger charge is 2.10. The number of hydrogen-bond donors (Lipinski definition) is 2. The molecule has 0 radical (unpaired) electrons. The Morgan fingerprint density at radius 1 is 1.25 bits per heavy atom. The van der Waals surface area contributed by atoms with Crippen LogP contribution in [0.5, 0.6) is 10.8 Å². The van der Waals surface area contributed by atoms with Crippen molar-refractivity contribution in [3.8, 4) is 10.8 Å². The quantitative estimate of drug-likeness (QED) is 0.687. The fourth-order valence-corrected chi connectivity index (χ4v) is 2.24. The van der Waals surface area contributed by atoms with E-state index in [2.05, 4.69) is 0 Å². The lowest BCUT2D eigenvalue weighted by molar-refractivity contribution is 0.482. The van der Waals surface area contributed by atoms with Crippen molar-refractivity contribution < 1.29 is 10.2 Å². The van der Waals surface area contributed by atoms with E-state index in [0.29, 0.717) is 15.1 Å². The first-order chi connectivity index (χ1) is 5.70. The van der Waals surface area contributed by atoms with Crippen LogP contribution in [-0.4, -0.2) is 10.2 Å². The van der Waals surface area contributed by atoms with E-state index in [1.807, 2.05) is 0 Å². The average Bonchev–Trinajstić information content (AvgIpc) is 2.32. The smallest absolute Gasteiger partial charge is 0.191 e. The molecule has 0 aliphatic rings. The Morgan fingerprint density at radius 2 is 2.00 bits per heavy atom. The van der Waals surface area contributed by atoms with Crippen LogP contribution in [0.2, 0.25) is 5.02 Å². The van der Waals surface area contributed by atoms with Crippen molar-refractivity contribution in [3.05, 3.63) is 23.2 Å². The van der Waals surface area contributed by atoms with Crippen molar-refractivity contribution in [1.29, 1.82) is 0 Å². The third-order valence-electron chi connectivity index (χ3n) is 1.62. The largest absolute Gasteiger partial charge is 0.506 e. The van der Waals surface area contributed by atoms with Gasteiger partial charge in [-0.1, -0.05) is 35.1 Å².